The van der Waals surface area contributed by atoms with Crippen molar-refractivity contribution in [3.63, 3.8) is 0 Å². The Morgan fingerprint density at radius 3 is 2.61 bits per heavy atom. The van der Waals surface area contributed by atoms with Gasteiger partial charge in [0.25, 0.3) is 0 Å². The molecule has 0 amide bonds. The van der Waals surface area contributed by atoms with Gasteiger partial charge in [0.1, 0.15) is 11.2 Å². The highest BCUT2D eigenvalue weighted by Gasteiger charge is 2.30. The van der Waals surface area contributed by atoms with Crippen molar-refractivity contribution < 1.29 is 9.21 Å². The quantitative estimate of drug-likeness (QED) is 0.625. The molecule has 1 saturated carbocycles. The molecule has 0 aliphatic heterocycles. The summed E-state index contributed by atoms with van der Waals surface area (Å²) in [6.07, 6.45) is 2.09. The zero-order valence-electron chi connectivity index (χ0n) is 9.85. The lowest BCUT2D eigenvalue weighted by molar-refractivity contribution is 0.0968. The predicted molar refractivity (Wildman–Crippen MR) is 70.8 cm³/mol. The van der Waals surface area contributed by atoms with Gasteiger partial charge in [-0.3, -0.25) is 4.79 Å². The molecule has 0 bridgehead atoms. The van der Waals surface area contributed by atoms with Crippen LogP contribution in [0.4, 0.5) is 0 Å². The Hall–Kier alpha value is -2.09. The summed E-state index contributed by atoms with van der Waals surface area (Å²) in [6, 6.07) is 13.7. The van der Waals surface area contributed by atoms with Crippen LogP contribution in [0.25, 0.3) is 21.9 Å². The zero-order valence-corrected chi connectivity index (χ0v) is 9.85. The highest BCUT2D eigenvalue weighted by molar-refractivity contribution is 6.09. The molecule has 1 aliphatic carbocycles. The van der Waals surface area contributed by atoms with E-state index in [4.69, 9.17) is 4.42 Å². The third-order valence-corrected chi connectivity index (χ3v) is 3.61. The van der Waals surface area contributed by atoms with Gasteiger partial charge in [0.15, 0.2) is 5.78 Å². The molecule has 0 atom stereocenters. The fraction of sp³-hybridized carbons (Fsp3) is 0.188. The van der Waals surface area contributed by atoms with E-state index in [-0.39, 0.29) is 11.7 Å². The first-order chi connectivity index (χ1) is 8.83. The van der Waals surface area contributed by atoms with E-state index < -0.39 is 0 Å². The molecule has 4 rings (SSSR count). The smallest absolute Gasteiger partial charge is 0.165 e. The van der Waals surface area contributed by atoms with Gasteiger partial charge in [-0.1, -0.05) is 18.2 Å². The number of benzene rings is 2. The lowest BCUT2D eigenvalue weighted by Crippen LogP contribution is -2.00. The molecule has 2 nitrogen and oxygen atoms in total. The van der Waals surface area contributed by atoms with Crippen molar-refractivity contribution in [1.82, 2.24) is 0 Å². The van der Waals surface area contributed by atoms with E-state index in [1.54, 1.807) is 0 Å². The van der Waals surface area contributed by atoms with Gasteiger partial charge in [-0.05, 0) is 37.1 Å². The Labute approximate surface area is 104 Å². The van der Waals surface area contributed by atoms with Gasteiger partial charge in [0, 0.05) is 22.3 Å². The number of furan rings is 1. The molecule has 0 saturated heterocycles. The van der Waals surface area contributed by atoms with Crippen LogP contribution in [0.3, 0.4) is 0 Å². The van der Waals surface area contributed by atoms with E-state index in [0.29, 0.717) is 0 Å². The SMILES string of the molecule is O=C(c1ccc2oc3ccccc3c2c1)C1CC1. The average Bonchev–Trinajstić information content (AvgIpc) is 3.18. The number of para-hydroxylation sites is 1. The maximum Gasteiger partial charge on any atom is 0.165 e. The minimum Gasteiger partial charge on any atom is -0.456 e. The Balaban J connectivity index is 1.97. The molecule has 0 N–H and O–H groups in total. The second-order valence-corrected chi connectivity index (χ2v) is 4.95. The molecule has 1 fully saturated rings. The third-order valence-electron chi connectivity index (χ3n) is 3.61. The molecule has 2 heteroatoms. The largest absolute Gasteiger partial charge is 0.456 e. The second-order valence-electron chi connectivity index (χ2n) is 4.95. The summed E-state index contributed by atoms with van der Waals surface area (Å²) in [4.78, 5) is 12.1. The van der Waals surface area contributed by atoms with Gasteiger partial charge in [-0.25, -0.2) is 0 Å². The van der Waals surface area contributed by atoms with Gasteiger partial charge < -0.3 is 4.42 Å². The first kappa shape index (κ1) is 9.89. The predicted octanol–water partition coefficient (Wildman–Crippen LogP) is 4.18. The Morgan fingerprint density at radius 1 is 1.00 bits per heavy atom. The first-order valence-corrected chi connectivity index (χ1v) is 6.28. The van der Waals surface area contributed by atoms with Gasteiger partial charge in [0.2, 0.25) is 0 Å². The summed E-state index contributed by atoms with van der Waals surface area (Å²) >= 11 is 0. The third kappa shape index (κ3) is 1.39. The summed E-state index contributed by atoms with van der Waals surface area (Å²) in [5, 5.41) is 2.12. The van der Waals surface area contributed by atoms with Crippen molar-refractivity contribution in [2.45, 2.75) is 12.8 Å². The topological polar surface area (TPSA) is 30.2 Å². The number of hydrogen-bond donors (Lipinski definition) is 0. The summed E-state index contributed by atoms with van der Waals surface area (Å²) < 4.78 is 5.75. The van der Waals surface area contributed by atoms with Gasteiger partial charge in [0.05, 0.1) is 0 Å². The molecule has 1 aromatic heterocycles. The molecule has 3 aromatic rings. The molecule has 0 radical (unpaired) electrons. The number of ketones is 1. The summed E-state index contributed by atoms with van der Waals surface area (Å²) in [6.45, 7) is 0. The fourth-order valence-electron chi connectivity index (χ4n) is 2.46. The monoisotopic (exact) mass is 236 g/mol. The molecule has 18 heavy (non-hydrogen) atoms. The number of fused-ring (bicyclic) bond motifs is 3. The number of rotatable bonds is 2. The minimum absolute atomic E-state index is 0.264. The van der Waals surface area contributed by atoms with E-state index in [1.165, 1.54) is 0 Å². The molecule has 0 unspecified atom stereocenters. The van der Waals surface area contributed by atoms with Crippen molar-refractivity contribution >= 4 is 27.7 Å². The average molecular weight is 236 g/mol. The summed E-state index contributed by atoms with van der Waals surface area (Å²) in [5.74, 6) is 0.544. The van der Waals surface area contributed by atoms with Crippen LogP contribution < -0.4 is 0 Å². The molecule has 1 aliphatic rings. The normalized spacial score (nSPS) is 15.3. The first-order valence-electron chi connectivity index (χ1n) is 6.28. The summed E-state index contributed by atoms with van der Waals surface area (Å²) in [5.41, 5.74) is 2.55. The molecule has 2 aromatic carbocycles. The molecule has 88 valence electrons. The summed E-state index contributed by atoms with van der Waals surface area (Å²) in [7, 11) is 0. The van der Waals surface area contributed by atoms with Crippen LogP contribution >= 0.6 is 0 Å². The van der Waals surface area contributed by atoms with Crippen molar-refractivity contribution in [2.24, 2.45) is 5.92 Å². The van der Waals surface area contributed by atoms with Crippen LogP contribution in [-0.2, 0) is 0 Å². The number of carbonyl (C=O) groups excluding carboxylic acids is 1. The highest BCUT2D eigenvalue weighted by atomic mass is 16.3. The Morgan fingerprint density at radius 2 is 1.78 bits per heavy atom. The van der Waals surface area contributed by atoms with Crippen LogP contribution in [0.2, 0.25) is 0 Å². The van der Waals surface area contributed by atoms with Gasteiger partial charge in [-0.15, -0.1) is 0 Å². The van der Waals surface area contributed by atoms with Crippen molar-refractivity contribution in [3.05, 3.63) is 48.0 Å². The Bertz CT molecular complexity index is 763. The molecular weight excluding hydrogens is 224 g/mol. The lowest BCUT2D eigenvalue weighted by atomic mass is 10.0. The van der Waals surface area contributed by atoms with E-state index in [9.17, 15) is 4.79 Å². The maximum atomic E-state index is 12.1. The van der Waals surface area contributed by atoms with E-state index in [2.05, 4.69) is 0 Å². The van der Waals surface area contributed by atoms with Gasteiger partial charge >= 0.3 is 0 Å². The fourth-order valence-corrected chi connectivity index (χ4v) is 2.46. The molecular formula is C16H12O2. The number of hydrogen-bond acceptors (Lipinski definition) is 2. The van der Waals surface area contributed by atoms with Crippen molar-refractivity contribution in [2.75, 3.05) is 0 Å². The van der Waals surface area contributed by atoms with Crippen molar-refractivity contribution in [1.29, 1.82) is 0 Å². The maximum absolute atomic E-state index is 12.1. The number of carbonyl (C=O) groups is 1. The van der Waals surface area contributed by atoms with Crippen LogP contribution in [0.1, 0.15) is 23.2 Å². The Kier molecular flexibility index (Phi) is 1.90. The van der Waals surface area contributed by atoms with Gasteiger partial charge in [-0.2, -0.15) is 0 Å². The van der Waals surface area contributed by atoms with Crippen LogP contribution in [0.15, 0.2) is 46.9 Å². The van der Waals surface area contributed by atoms with Crippen LogP contribution in [0, 0.1) is 5.92 Å². The lowest BCUT2D eigenvalue weighted by Gasteiger charge is -1.98. The minimum atomic E-state index is 0.264. The zero-order chi connectivity index (χ0) is 12.1. The van der Waals surface area contributed by atoms with Crippen LogP contribution in [0.5, 0.6) is 0 Å². The standard InChI is InChI=1S/C16H12O2/c17-16(10-5-6-10)11-7-8-15-13(9-11)12-3-1-2-4-14(12)18-15/h1-4,7-10H,5-6H2. The number of Topliss-reactive ketones (excluding diaryl/α,β-unsaturated/α-hetero) is 1. The van der Waals surface area contributed by atoms with E-state index >= 15 is 0 Å². The molecule has 0 spiro atoms. The molecule has 1 heterocycles. The second kappa shape index (κ2) is 3.45. The van der Waals surface area contributed by atoms with Crippen LogP contribution in [-0.4, -0.2) is 5.78 Å². The van der Waals surface area contributed by atoms with E-state index in [0.717, 1.165) is 40.3 Å². The van der Waals surface area contributed by atoms with E-state index in [1.807, 2.05) is 42.5 Å². The van der Waals surface area contributed by atoms with Crippen molar-refractivity contribution in [3.8, 4) is 0 Å². The highest BCUT2D eigenvalue weighted by Crippen LogP contribution is 2.35.